The van der Waals surface area contributed by atoms with E-state index < -0.39 is 0 Å². The molecule has 0 radical (unpaired) electrons. The topological polar surface area (TPSA) is 0 Å². The van der Waals surface area contributed by atoms with Crippen LogP contribution in [0.25, 0.3) is 0 Å². The van der Waals surface area contributed by atoms with Crippen molar-refractivity contribution in [2.75, 3.05) is 0 Å². The second-order valence-electron chi connectivity index (χ2n) is 10.1. The second-order valence-corrected chi connectivity index (χ2v) is 10.1. The first-order valence-electron chi connectivity index (χ1n) is 10.7. The zero-order chi connectivity index (χ0) is 17.7. The van der Waals surface area contributed by atoms with E-state index in [1.807, 2.05) is 13.8 Å². The van der Waals surface area contributed by atoms with E-state index in [4.69, 9.17) is 0 Å². The summed E-state index contributed by atoms with van der Waals surface area (Å²) in [5.74, 6) is 3.89. The molecule has 0 aromatic rings. The lowest BCUT2D eigenvalue weighted by Gasteiger charge is -2.47. The second kappa shape index (κ2) is 8.91. The van der Waals surface area contributed by atoms with Crippen LogP contribution < -0.4 is 0 Å². The van der Waals surface area contributed by atoms with Crippen LogP contribution >= 0.6 is 0 Å². The van der Waals surface area contributed by atoms with Gasteiger partial charge in [0.25, 0.3) is 0 Å². The number of hydrogen-bond donors (Lipinski definition) is 0. The molecule has 0 aromatic heterocycles. The Balaban J connectivity index is 0.00000127. The lowest BCUT2D eigenvalue weighted by molar-refractivity contribution is 0.0348. The molecule has 0 unspecified atom stereocenters. The Kier molecular flexibility index (Phi) is 8.15. The van der Waals surface area contributed by atoms with Gasteiger partial charge in [0.15, 0.2) is 0 Å². The van der Waals surface area contributed by atoms with E-state index in [1.165, 1.54) is 57.8 Å². The fourth-order valence-electron chi connectivity index (χ4n) is 5.55. The van der Waals surface area contributed by atoms with Crippen LogP contribution in [0.5, 0.6) is 0 Å². The largest absolute Gasteiger partial charge is 0.0683 e. The molecule has 23 heavy (non-hydrogen) atoms. The molecule has 2 saturated carbocycles. The summed E-state index contributed by atoms with van der Waals surface area (Å²) in [5, 5.41) is 0. The van der Waals surface area contributed by atoms with Crippen molar-refractivity contribution in [2.24, 2.45) is 34.5 Å². The third-order valence-electron chi connectivity index (χ3n) is 7.15. The molecule has 0 aromatic carbocycles. The van der Waals surface area contributed by atoms with E-state index in [0.717, 1.165) is 23.7 Å². The summed E-state index contributed by atoms with van der Waals surface area (Å²) in [6.45, 7) is 19.2. The molecule has 0 atom stereocenters. The van der Waals surface area contributed by atoms with Gasteiger partial charge in [0, 0.05) is 0 Å². The average molecular weight is 323 g/mol. The van der Waals surface area contributed by atoms with Crippen molar-refractivity contribution in [1.82, 2.24) is 0 Å². The van der Waals surface area contributed by atoms with Crippen LogP contribution in [0.1, 0.15) is 113 Å². The number of hydrogen-bond acceptors (Lipinski definition) is 0. The van der Waals surface area contributed by atoms with Gasteiger partial charge >= 0.3 is 0 Å². The summed E-state index contributed by atoms with van der Waals surface area (Å²) in [6.07, 6.45) is 13.2. The maximum absolute atomic E-state index is 2.57. The van der Waals surface area contributed by atoms with Crippen LogP contribution in [-0.2, 0) is 0 Å². The maximum atomic E-state index is 2.57. The van der Waals surface area contributed by atoms with Gasteiger partial charge in [-0.25, -0.2) is 0 Å². The molecule has 0 aliphatic heterocycles. The van der Waals surface area contributed by atoms with Crippen LogP contribution in [0.3, 0.4) is 0 Å². The molecule has 138 valence electrons. The van der Waals surface area contributed by atoms with Crippen LogP contribution in [0.2, 0.25) is 0 Å². The van der Waals surface area contributed by atoms with Gasteiger partial charge in [0.1, 0.15) is 0 Å². The normalized spacial score (nSPS) is 32.9. The molecule has 0 saturated heterocycles. The molecule has 0 heteroatoms. The van der Waals surface area contributed by atoms with Gasteiger partial charge < -0.3 is 0 Å². The van der Waals surface area contributed by atoms with Crippen molar-refractivity contribution in [3.8, 4) is 0 Å². The quantitative estimate of drug-likeness (QED) is 0.490. The van der Waals surface area contributed by atoms with Crippen molar-refractivity contribution in [3.63, 3.8) is 0 Å². The van der Waals surface area contributed by atoms with Crippen LogP contribution in [0, 0.1) is 34.5 Å². The highest BCUT2D eigenvalue weighted by molar-refractivity contribution is 4.91. The molecule has 2 rings (SSSR count). The fourth-order valence-corrected chi connectivity index (χ4v) is 5.55. The van der Waals surface area contributed by atoms with Gasteiger partial charge in [-0.2, -0.15) is 0 Å². The van der Waals surface area contributed by atoms with Gasteiger partial charge in [-0.15, -0.1) is 0 Å². The molecule has 0 N–H and O–H groups in total. The minimum Gasteiger partial charge on any atom is -0.0683 e. The SMILES string of the molecule is CC.CC1CCC(C(C)(C)CC(C)(C)C2CCC(C)CC2)CC1. The molecular formula is C23H46. The van der Waals surface area contributed by atoms with E-state index in [2.05, 4.69) is 41.5 Å². The minimum absolute atomic E-state index is 0.534. The van der Waals surface area contributed by atoms with Crippen molar-refractivity contribution in [1.29, 1.82) is 0 Å². The smallest absolute Gasteiger partial charge is 0.0321 e. The zero-order valence-corrected chi connectivity index (χ0v) is 17.7. The first-order valence-corrected chi connectivity index (χ1v) is 10.7. The molecule has 2 fully saturated rings. The summed E-state index contributed by atoms with van der Waals surface area (Å²) in [6, 6.07) is 0. The van der Waals surface area contributed by atoms with E-state index in [-0.39, 0.29) is 0 Å². The Hall–Kier alpha value is 0. The van der Waals surface area contributed by atoms with Gasteiger partial charge in [-0.05, 0) is 66.6 Å². The average Bonchev–Trinajstić information content (AvgIpc) is 2.49. The van der Waals surface area contributed by atoms with Crippen LogP contribution in [-0.4, -0.2) is 0 Å². The van der Waals surface area contributed by atoms with Crippen molar-refractivity contribution >= 4 is 0 Å². The monoisotopic (exact) mass is 322 g/mol. The third-order valence-corrected chi connectivity index (χ3v) is 7.15. The van der Waals surface area contributed by atoms with Gasteiger partial charge in [-0.3, -0.25) is 0 Å². The lowest BCUT2D eigenvalue weighted by Crippen LogP contribution is -2.37. The van der Waals surface area contributed by atoms with E-state index in [0.29, 0.717) is 10.8 Å². The number of rotatable bonds is 4. The van der Waals surface area contributed by atoms with Gasteiger partial charge in [0.05, 0.1) is 0 Å². The van der Waals surface area contributed by atoms with Crippen molar-refractivity contribution in [2.45, 2.75) is 113 Å². The predicted molar refractivity (Wildman–Crippen MR) is 106 cm³/mol. The van der Waals surface area contributed by atoms with Gasteiger partial charge in [-0.1, -0.05) is 81.1 Å². The summed E-state index contributed by atoms with van der Waals surface area (Å²) in [5.41, 5.74) is 1.07. The highest BCUT2D eigenvalue weighted by Gasteiger charge is 2.40. The Morgan fingerprint density at radius 2 is 0.826 bits per heavy atom. The highest BCUT2D eigenvalue weighted by atomic mass is 14.5. The van der Waals surface area contributed by atoms with E-state index in [1.54, 1.807) is 0 Å². The Bertz CT molecular complexity index is 277. The van der Waals surface area contributed by atoms with E-state index in [9.17, 15) is 0 Å². The standard InChI is InChI=1S/C21H40.C2H6/c1-16-7-11-18(12-8-16)20(3,4)15-21(5,6)19-13-9-17(2)10-14-19;1-2/h16-19H,7-15H2,1-6H3;1-2H3. The Morgan fingerprint density at radius 3 is 1.09 bits per heavy atom. The van der Waals surface area contributed by atoms with Crippen molar-refractivity contribution in [3.05, 3.63) is 0 Å². The third kappa shape index (κ3) is 6.09. The Labute approximate surface area is 148 Å². The minimum atomic E-state index is 0.534. The molecule has 2 aliphatic rings. The maximum Gasteiger partial charge on any atom is -0.0321 e. The van der Waals surface area contributed by atoms with Crippen LogP contribution in [0.4, 0.5) is 0 Å². The lowest BCUT2D eigenvalue weighted by atomic mass is 9.58. The van der Waals surface area contributed by atoms with Gasteiger partial charge in [0.2, 0.25) is 0 Å². The molecular weight excluding hydrogens is 276 g/mol. The predicted octanol–water partition coefficient (Wildman–Crippen LogP) is 8.11. The summed E-state index contributed by atoms with van der Waals surface area (Å²) in [7, 11) is 0. The molecule has 0 bridgehead atoms. The summed E-state index contributed by atoms with van der Waals surface area (Å²) in [4.78, 5) is 0. The Morgan fingerprint density at radius 1 is 0.565 bits per heavy atom. The molecule has 0 amide bonds. The summed E-state index contributed by atoms with van der Waals surface area (Å²) < 4.78 is 0. The molecule has 0 heterocycles. The summed E-state index contributed by atoms with van der Waals surface area (Å²) >= 11 is 0. The molecule has 0 nitrogen and oxygen atoms in total. The first-order chi connectivity index (χ1) is 10.7. The molecule has 0 spiro atoms. The first kappa shape index (κ1) is 21.0. The zero-order valence-electron chi connectivity index (χ0n) is 17.7. The van der Waals surface area contributed by atoms with E-state index >= 15 is 0 Å². The highest BCUT2D eigenvalue weighted by Crippen LogP contribution is 2.51. The van der Waals surface area contributed by atoms with Crippen molar-refractivity contribution < 1.29 is 0 Å². The fraction of sp³-hybridized carbons (Fsp3) is 1.00. The van der Waals surface area contributed by atoms with Crippen LogP contribution in [0.15, 0.2) is 0 Å². The molecule has 2 aliphatic carbocycles.